The highest BCUT2D eigenvalue weighted by atomic mass is 35.5. The van der Waals surface area contributed by atoms with E-state index in [1.807, 2.05) is 0 Å². The number of rotatable bonds is 6. The van der Waals surface area contributed by atoms with E-state index in [0.29, 0.717) is 22.9 Å². The zero-order valence-electron chi connectivity index (χ0n) is 14.7. The number of pyridine rings is 1. The number of benzene rings is 2. The van der Waals surface area contributed by atoms with Crippen molar-refractivity contribution >= 4 is 40.9 Å². The van der Waals surface area contributed by atoms with E-state index in [4.69, 9.17) is 17.3 Å². The van der Waals surface area contributed by atoms with Gasteiger partial charge in [0.05, 0.1) is 10.6 Å². The number of nitrogens with one attached hydrogen (secondary N) is 1. The standard InChI is InChI=1S/C20H14ClF2N3O2S/c21-17-15(12-4-2-6-25-10-12)8-13(9-16(17)18(24)27)26-19(28)11-3-1-5-14(7-11)29-20(22)23/h1-10,20H,(H2,24,27)(H,26,28). The fourth-order valence-corrected chi connectivity index (χ4v) is 3.49. The third-order valence-electron chi connectivity index (χ3n) is 3.89. The van der Waals surface area contributed by atoms with Gasteiger partial charge in [0, 0.05) is 39.7 Å². The average Bonchev–Trinajstić information content (AvgIpc) is 2.69. The molecule has 0 unspecified atom stereocenters. The van der Waals surface area contributed by atoms with Gasteiger partial charge in [-0.1, -0.05) is 35.5 Å². The van der Waals surface area contributed by atoms with Crippen molar-refractivity contribution in [3.63, 3.8) is 0 Å². The molecule has 2 amide bonds. The van der Waals surface area contributed by atoms with E-state index in [0.717, 1.165) is 0 Å². The van der Waals surface area contributed by atoms with Gasteiger partial charge in [-0.25, -0.2) is 0 Å². The number of carbonyl (C=O) groups excluding carboxylic acids is 2. The van der Waals surface area contributed by atoms with Crippen molar-refractivity contribution in [1.82, 2.24) is 4.98 Å². The molecule has 0 spiro atoms. The number of anilines is 1. The van der Waals surface area contributed by atoms with Crippen LogP contribution in [0.1, 0.15) is 20.7 Å². The number of hydrogen-bond acceptors (Lipinski definition) is 4. The Morgan fingerprint density at radius 3 is 2.59 bits per heavy atom. The lowest BCUT2D eigenvalue weighted by molar-refractivity contribution is 0.0996. The number of nitrogens with zero attached hydrogens (tertiary/aromatic N) is 1. The fourth-order valence-electron chi connectivity index (χ4n) is 2.62. The first kappa shape index (κ1) is 20.8. The van der Waals surface area contributed by atoms with Crippen molar-refractivity contribution in [2.24, 2.45) is 5.73 Å². The second-order valence-electron chi connectivity index (χ2n) is 5.85. The molecule has 1 aromatic heterocycles. The molecular formula is C20H14ClF2N3O2S. The van der Waals surface area contributed by atoms with Crippen LogP contribution in [-0.4, -0.2) is 22.6 Å². The highest BCUT2D eigenvalue weighted by Gasteiger charge is 2.17. The van der Waals surface area contributed by atoms with Crippen molar-refractivity contribution in [2.75, 3.05) is 5.32 Å². The summed E-state index contributed by atoms with van der Waals surface area (Å²) in [7, 11) is 0. The van der Waals surface area contributed by atoms with Gasteiger partial charge >= 0.3 is 0 Å². The molecule has 0 fully saturated rings. The molecule has 0 radical (unpaired) electrons. The van der Waals surface area contributed by atoms with Crippen LogP contribution >= 0.6 is 23.4 Å². The van der Waals surface area contributed by atoms with Crippen LogP contribution in [0.25, 0.3) is 11.1 Å². The minimum Gasteiger partial charge on any atom is -0.366 e. The summed E-state index contributed by atoms with van der Waals surface area (Å²) in [4.78, 5) is 28.7. The van der Waals surface area contributed by atoms with E-state index in [-0.39, 0.29) is 26.7 Å². The molecule has 0 aliphatic carbocycles. The maximum atomic E-state index is 12.6. The van der Waals surface area contributed by atoms with Gasteiger partial charge in [-0.05, 0) is 36.4 Å². The Hall–Kier alpha value is -2.97. The second kappa shape index (κ2) is 9.02. The predicted octanol–water partition coefficient (Wildman–Crippen LogP) is 5.07. The van der Waals surface area contributed by atoms with Crippen LogP contribution in [0.15, 0.2) is 65.8 Å². The number of primary amides is 1. The molecule has 2 aromatic carbocycles. The molecule has 148 valence electrons. The third-order valence-corrected chi connectivity index (χ3v) is 5.00. The summed E-state index contributed by atoms with van der Waals surface area (Å²) in [5.41, 5.74) is 7.01. The summed E-state index contributed by atoms with van der Waals surface area (Å²) in [6, 6.07) is 12.3. The molecule has 0 saturated carbocycles. The molecule has 0 aliphatic heterocycles. The molecule has 0 aliphatic rings. The zero-order valence-corrected chi connectivity index (χ0v) is 16.3. The SMILES string of the molecule is NC(=O)c1cc(NC(=O)c2cccc(SC(F)F)c2)cc(-c2cccnc2)c1Cl. The Morgan fingerprint density at radius 1 is 1.14 bits per heavy atom. The zero-order chi connectivity index (χ0) is 21.0. The number of amides is 2. The van der Waals surface area contributed by atoms with Crippen LogP contribution in [0.5, 0.6) is 0 Å². The normalized spacial score (nSPS) is 10.8. The monoisotopic (exact) mass is 433 g/mol. The van der Waals surface area contributed by atoms with Crippen molar-refractivity contribution in [3.05, 3.63) is 77.1 Å². The van der Waals surface area contributed by atoms with Gasteiger partial charge in [0.1, 0.15) is 0 Å². The molecule has 0 bridgehead atoms. The Balaban J connectivity index is 1.96. The number of hydrogen-bond donors (Lipinski definition) is 2. The minimum absolute atomic E-state index is 0.0327. The largest absolute Gasteiger partial charge is 0.366 e. The molecule has 3 N–H and O–H groups in total. The molecule has 1 heterocycles. The number of thioether (sulfide) groups is 1. The highest BCUT2D eigenvalue weighted by Crippen LogP contribution is 2.34. The van der Waals surface area contributed by atoms with Crippen molar-refractivity contribution in [3.8, 4) is 11.1 Å². The summed E-state index contributed by atoms with van der Waals surface area (Å²) in [6.07, 6.45) is 3.14. The minimum atomic E-state index is -2.59. The number of halogens is 3. The van der Waals surface area contributed by atoms with Crippen LogP contribution in [0.2, 0.25) is 5.02 Å². The molecule has 3 aromatic rings. The van der Waals surface area contributed by atoms with Crippen LogP contribution in [-0.2, 0) is 0 Å². The van der Waals surface area contributed by atoms with Crippen LogP contribution < -0.4 is 11.1 Å². The Kier molecular flexibility index (Phi) is 6.46. The molecular weight excluding hydrogens is 420 g/mol. The summed E-state index contributed by atoms with van der Waals surface area (Å²) in [5, 5.41) is 2.79. The molecule has 9 heteroatoms. The first-order valence-electron chi connectivity index (χ1n) is 8.25. The van der Waals surface area contributed by atoms with E-state index >= 15 is 0 Å². The average molecular weight is 434 g/mol. The van der Waals surface area contributed by atoms with Crippen molar-refractivity contribution in [1.29, 1.82) is 0 Å². The van der Waals surface area contributed by atoms with Crippen molar-refractivity contribution in [2.45, 2.75) is 10.7 Å². The lowest BCUT2D eigenvalue weighted by atomic mass is 10.0. The molecule has 0 saturated heterocycles. The molecule has 29 heavy (non-hydrogen) atoms. The quantitative estimate of drug-likeness (QED) is 0.531. The molecule has 3 rings (SSSR count). The van der Waals surface area contributed by atoms with Gasteiger partial charge in [-0.3, -0.25) is 14.6 Å². The number of aromatic nitrogens is 1. The number of nitrogens with two attached hydrogens (primary N) is 1. The lowest BCUT2D eigenvalue weighted by Gasteiger charge is -2.13. The smallest absolute Gasteiger partial charge is 0.288 e. The van der Waals surface area contributed by atoms with Crippen LogP contribution in [0.4, 0.5) is 14.5 Å². The summed E-state index contributed by atoms with van der Waals surface area (Å²) >= 11 is 6.66. The van der Waals surface area contributed by atoms with Gasteiger partial charge in [-0.2, -0.15) is 8.78 Å². The van der Waals surface area contributed by atoms with Gasteiger partial charge in [-0.15, -0.1) is 0 Å². The summed E-state index contributed by atoms with van der Waals surface area (Å²) in [6.45, 7) is 0. The van der Waals surface area contributed by atoms with E-state index in [1.54, 1.807) is 30.6 Å². The Morgan fingerprint density at radius 2 is 1.93 bits per heavy atom. The van der Waals surface area contributed by atoms with Gasteiger partial charge in [0.25, 0.3) is 11.7 Å². The fraction of sp³-hybridized carbons (Fsp3) is 0.0500. The first-order chi connectivity index (χ1) is 13.8. The molecule has 5 nitrogen and oxygen atoms in total. The summed E-state index contributed by atoms with van der Waals surface area (Å²) in [5.74, 6) is -3.88. The second-order valence-corrected chi connectivity index (χ2v) is 7.29. The van der Waals surface area contributed by atoms with E-state index in [9.17, 15) is 18.4 Å². The predicted molar refractivity (Wildman–Crippen MR) is 109 cm³/mol. The maximum Gasteiger partial charge on any atom is 0.288 e. The van der Waals surface area contributed by atoms with Gasteiger partial charge < -0.3 is 11.1 Å². The van der Waals surface area contributed by atoms with Gasteiger partial charge in [0.2, 0.25) is 5.91 Å². The Labute approximate surface area is 174 Å². The Bertz CT molecular complexity index is 1060. The van der Waals surface area contributed by atoms with Gasteiger partial charge in [0.15, 0.2) is 0 Å². The summed E-state index contributed by atoms with van der Waals surface area (Å²) < 4.78 is 25.1. The first-order valence-corrected chi connectivity index (χ1v) is 9.51. The number of alkyl halides is 2. The van der Waals surface area contributed by atoms with Crippen molar-refractivity contribution < 1.29 is 18.4 Å². The van der Waals surface area contributed by atoms with Crippen LogP contribution in [0, 0.1) is 0 Å². The maximum absolute atomic E-state index is 12.6. The van der Waals surface area contributed by atoms with E-state index in [1.165, 1.54) is 30.3 Å². The molecule has 0 atom stereocenters. The number of carbonyl (C=O) groups is 2. The third kappa shape index (κ3) is 5.10. The topological polar surface area (TPSA) is 85.1 Å². The highest BCUT2D eigenvalue weighted by molar-refractivity contribution is 7.99. The van der Waals surface area contributed by atoms with E-state index in [2.05, 4.69) is 10.3 Å². The lowest BCUT2D eigenvalue weighted by Crippen LogP contribution is -2.15. The van der Waals surface area contributed by atoms with E-state index < -0.39 is 17.6 Å². The van der Waals surface area contributed by atoms with Crippen LogP contribution in [0.3, 0.4) is 0 Å².